The third kappa shape index (κ3) is 4.03. The van der Waals surface area contributed by atoms with Crippen molar-refractivity contribution in [2.24, 2.45) is 11.7 Å². The average Bonchev–Trinajstić information content (AvgIpc) is 2.38. The summed E-state index contributed by atoms with van der Waals surface area (Å²) in [5.41, 5.74) is 7.09. The number of hydrogen-bond acceptors (Lipinski definition) is 3. The number of rotatable bonds is 4. The summed E-state index contributed by atoms with van der Waals surface area (Å²) >= 11 is 0. The van der Waals surface area contributed by atoms with Crippen LogP contribution in [0.1, 0.15) is 31.2 Å². The second-order valence-electron chi connectivity index (χ2n) is 5.88. The van der Waals surface area contributed by atoms with E-state index in [2.05, 4.69) is 0 Å². The van der Waals surface area contributed by atoms with Crippen molar-refractivity contribution in [3.8, 4) is 0 Å². The zero-order valence-corrected chi connectivity index (χ0v) is 12.6. The van der Waals surface area contributed by atoms with Gasteiger partial charge in [-0.2, -0.15) is 0 Å². The van der Waals surface area contributed by atoms with Gasteiger partial charge in [0.1, 0.15) is 15.7 Å². The monoisotopic (exact) mass is 299 g/mol. The van der Waals surface area contributed by atoms with Gasteiger partial charge in [0.15, 0.2) is 0 Å². The SMILES string of the molecule is CS(=O)(=O)C1CCCC(C(N)Cc2cccc(F)c2)C1. The first kappa shape index (κ1) is 15.4. The van der Waals surface area contributed by atoms with E-state index >= 15 is 0 Å². The summed E-state index contributed by atoms with van der Waals surface area (Å²) in [6.07, 6.45) is 5.14. The van der Waals surface area contributed by atoms with Crippen LogP contribution >= 0.6 is 0 Å². The Balaban J connectivity index is 2.00. The number of halogens is 1. The molecule has 2 rings (SSSR count). The number of sulfone groups is 1. The molecule has 0 heterocycles. The van der Waals surface area contributed by atoms with Gasteiger partial charge in [0.05, 0.1) is 5.25 Å². The molecule has 1 aromatic rings. The topological polar surface area (TPSA) is 60.2 Å². The Morgan fingerprint density at radius 1 is 1.40 bits per heavy atom. The summed E-state index contributed by atoms with van der Waals surface area (Å²) in [5.74, 6) is -0.0564. The molecule has 0 saturated heterocycles. The van der Waals surface area contributed by atoms with Crippen LogP contribution in [0.3, 0.4) is 0 Å². The van der Waals surface area contributed by atoms with Crippen molar-refractivity contribution in [1.82, 2.24) is 0 Å². The molecule has 3 atom stereocenters. The Bertz CT molecular complexity index is 559. The van der Waals surface area contributed by atoms with Gasteiger partial charge < -0.3 is 5.73 Å². The lowest BCUT2D eigenvalue weighted by atomic mass is 9.82. The van der Waals surface area contributed by atoms with Crippen molar-refractivity contribution in [1.29, 1.82) is 0 Å². The second-order valence-corrected chi connectivity index (χ2v) is 8.20. The molecular weight excluding hydrogens is 277 g/mol. The molecule has 112 valence electrons. The lowest BCUT2D eigenvalue weighted by Crippen LogP contribution is -2.38. The summed E-state index contributed by atoms with van der Waals surface area (Å²) in [4.78, 5) is 0. The molecule has 0 spiro atoms. The van der Waals surface area contributed by atoms with Crippen LogP contribution in [0.2, 0.25) is 0 Å². The van der Waals surface area contributed by atoms with E-state index in [9.17, 15) is 12.8 Å². The third-order valence-electron chi connectivity index (χ3n) is 4.24. The summed E-state index contributed by atoms with van der Waals surface area (Å²) in [7, 11) is -2.99. The molecule has 3 unspecified atom stereocenters. The lowest BCUT2D eigenvalue weighted by Gasteiger charge is -2.32. The van der Waals surface area contributed by atoms with Crippen molar-refractivity contribution < 1.29 is 12.8 Å². The van der Waals surface area contributed by atoms with E-state index in [4.69, 9.17) is 5.73 Å². The van der Waals surface area contributed by atoms with Gasteiger partial charge in [-0.25, -0.2) is 12.8 Å². The highest BCUT2D eigenvalue weighted by molar-refractivity contribution is 7.91. The Labute approximate surface area is 120 Å². The van der Waals surface area contributed by atoms with Gasteiger partial charge in [0.2, 0.25) is 0 Å². The minimum absolute atomic E-state index is 0.110. The van der Waals surface area contributed by atoms with E-state index < -0.39 is 9.84 Å². The second kappa shape index (κ2) is 6.22. The number of hydrogen-bond donors (Lipinski definition) is 1. The molecule has 0 amide bonds. The average molecular weight is 299 g/mol. The predicted molar refractivity (Wildman–Crippen MR) is 78.7 cm³/mol. The first-order valence-electron chi connectivity index (χ1n) is 7.05. The molecule has 1 saturated carbocycles. The first-order valence-corrected chi connectivity index (χ1v) is 9.00. The molecule has 2 N–H and O–H groups in total. The van der Waals surface area contributed by atoms with Crippen LogP contribution in [-0.4, -0.2) is 26.0 Å². The van der Waals surface area contributed by atoms with Gasteiger partial charge in [0, 0.05) is 12.3 Å². The molecule has 20 heavy (non-hydrogen) atoms. The molecule has 1 aliphatic carbocycles. The summed E-state index contributed by atoms with van der Waals surface area (Å²) < 4.78 is 36.5. The maximum Gasteiger partial charge on any atom is 0.150 e. The Hall–Kier alpha value is -0.940. The molecule has 0 aliphatic heterocycles. The zero-order chi connectivity index (χ0) is 14.8. The fourth-order valence-electron chi connectivity index (χ4n) is 3.06. The van der Waals surface area contributed by atoms with Crippen molar-refractivity contribution in [2.45, 2.75) is 43.4 Å². The molecule has 0 bridgehead atoms. The minimum atomic E-state index is -2.99. The van der Waals surface area contributed by atoms with Crippen LogP contribution in [0.15, 0.2) is 24.3 Å². The molecule has 1 aromatic carbocycles. The molecule has 5 heteroatoms. The normalized spacial score (nSPS) is 25.4. The van der Waals surface area contributed by atoms with E-state index in [1.165, 1.54) is 18.4 Å². The van der Waals surface area contributed by atoms with Crippen LogP contribution in [0.5, 0.6) is 0 Å². The van der Waals surface area contributed by atoms with Gasteiger partial charge >= 0.3 is 0 Å². The van der Waals surface area contributed by atoms with E-state index in [0.29, 0.717) is 12.8 Å². The number of nitrogens with two attached hydrogens (primary N) is 1. The zero-order valence-electron chi connectivity index (χ0n) is 11.8. The molecule has 0 radical (unpaired) electrons. The minimum Gasteiger partial charge on any atom is -0.327 e. The summed E-state index contributed by atoms with van der Waals surface area (Å²) in [6.45, 7) is 0. The highest BCUT2D eigenvalue weighted by Gasteiger charge is 2.31. The Morgan fingerprint density at radius 3 is 2.80 bits per heavy atom. The standard InChI is InChI=1S/C15H22FNO2S/c1-20(18,19)14-7-3-5-12(10-14)15(17)9-11-4-2-6-13(16)8-11/h2,4,6,8,12,14-15H,3,5,7,9-10,17H2,1H3. The van der Waals surface area contributed by atoms with Gasteiger partial charge in [-0.15, -0.1) is 0 Å². The molecule has 1 aliphatic rings. The Kier molecular flexibility index (Phi) is 4.81. The summed E-state index contributed by atoms with van der Waals surface area (Å²) in [6, 6.07) is 6.34. The van der Waals surface area contributed by atoms with Crippen LogP contribution in [-0.2, 0) is 16.3 Å². The van der Waals surface area contributed by atoms with Crippen LogP contribution < -0.4 is 5.73 Å². The fourth-order valence-corrected chi connectivity index (χ4v) is 4.25. The van der Waals surface area contributed by atoms with E-state index in [0.717, 1.165) is 24.8 Å². The largest absolute Gasteiger partial charge is 0.327 e. The summed E-state index contributed by atoms with van der Waals surface area (Å²) in [5, 5.41) is -0.264. The maximum atomic E-state index is 13.2. The Morgan fingerprint density at radius 2 is 2.15 bits per heavy atom. The molecule has 1 fully saturated rings. The van der Waals surface area contributed by atoms with Crippen molar-refractivity contribution in [3.05, 3.63) is 35.6 Å². The fraction of sp³-hybridized carbons (Fsp3) is 0.600. The molecule has 0 aromatic heterocycles. The van der Waals surface area contributed by atoms with Crippen LogP contribution in [0.25, 0.3) is 0 Å². The van der Waals surface area contributed by atoms with E-state index in [1.807, 2.05) is 6.07 Å². The molecule has 3 nitrogen and oxygen atoms in total. The van der Waals surface area contributed by atoms with Crippen LogP contribution in [0.4, 0.5) is 4.39 Å². The van der Waals surface area contributed by atoms with Gasteiger partial charge in [-0.1, -0.05) is 18.6 Å². The van der Waals surface area contributed by atoms with Crippen molar-refractivity contribution >= 4 is 9.84 Å². The van der Waals surface area contributed by atoms with E-state index in [-0.39, 0.29) is 23.0 Å². The van der Waals surface area contributed by atoms with Crippen molar-refractivity contribution in [2.75, 3.05) is 6.26 Å². The van der Waals surface area contributed by atoms with Gasteiger partial charge in [0.25, 0.3) is 0 Å². The maximum absolute atomic E-state index is 13.2. The van der Waals surface area contributed by atoms with Gasteiger partial charge in [-0.05, 0) is 49.3 Å². The van der Waals surface area contributed by atoms with E-state index in [1.54, 1.807) is 6.07 Å². The highest BCUT2D eigenvalue weighted by atomic mass is 32.2. The smallest absolute Gasteiger partial charge is 0.150 e. The quantitative estimate of drug-likeness (QED) is 0.928. The van der Waals surface area contributed by atoms with Gasteiger partial charge in [-0.3, -0.25) is 0 Å². The third-order valence-corrected chi connectivity index (χ3v) is 5.88. The first-order chi connectivity index (χ1) is 9.36. The highest BCUT2D eigenvalue weighted by Crippen LogP contribution is 2.31. The van der Waals surface area contributed by atoms with Crippen LogP contribution in [0, 0.1) is 11.7 Å². The number of benzene rings is 1. The lowest BCUT2D eigenvalue weighted by molar-refractivity contribution is 0.304. The predicted octanol–water partition coefficient (Wildman–Crippen LogP) is 2.30. The van der Waals surface area contributed by atoms with Crippen molar-refractivity contribution in [3.63, 3.8) is 0 Å². The molecular formula is C15H22FNO2S.